The van der Waals surface area contributed by atoms with E-state index < -0.39 is 0 Å². The zero-order valence-electron chi connectivity index (χ0n) is 11.2. The zero-order chi connectivity index (χ0) is 13.7. The van der Waals surface area contributed by atoms with Gasteiger partial charge in [-0.1, -0.05) is 49.4 Å². The Bertz CT molecular complexity index is 561. The summed E-state index contributed by atoms with van der Waals surface area (Å²) in [5.74, 6) is 0.551. The normalized spacial score (nSPS) is 12.7. The fraction of sp³-hybridized carbons (Fsp3) is 0.176. The molecule has 1 N–H and O–H groups in total. The van der Waals surface area contributed by atoms with Gasteiger partial charge in [0.1, 0.15) is 5.75 Å². The van der Waals surface area contributed by atoms with Crippen molar-refractivity contribution in [1.29, 1.82) is 0 Å². The molecule has 0 bridgehead atoms. The Kier molecular flexibility index (Phi) is 4.69. The van der Waals surface area contributed by atoms with E-state index >= 15 is 0 Å². The van der Waals surface area contributed by atoms with Gasteiger partial charge in [-0.2, -0.15) is 0 Å². The van der Waals surface area contributed by atoms with Crippen LogP contribution in [0.15, 0.2) is 59.5 Å². The third kappa shape index (κ3) is 3.65. The van der Waals surface area contributed by atoms with Gasteiger partial charge < -0.3 is 5.11 Å². The van der Waals surface area contributed by atoms with Crippen LogP contribution >= 0.6 is 11.8 Å². The van der Waals surface area contributed by atoms with E-state index in [-0.39, 0.29) is 5.92 Å². The Morgan fingerprint density at radius 3 is 2.53 bits per heavy atom. The van der Waals surface area contributed by atoms with Crippen LogP contribution in [0.25, 0.3) is 6.08 Å². The zero-order valence-corrected chi connectivity index (χ0v) is 12.0. The summed E-state index contributed by atoms with van der Waals surface area (Å²) in [6.45, 7) is 2.10. The van der Waals surface area contributed by atoms with Crippen LogP contribution < -0.4 is 0 Å². The van der Waals surface area contributed by atoms with Crippen LogP contribution in [0.3, 0.4) is 0 Å². The van der Waals surface area contributed by atoms with Gasteiger partial charge in [-0.15, -0.1) is 11.8 Å². The number of aromatic hydroxyl groups is 1. The number of thioether (sulfide) groups is 1. The van der Waals surface area contributed by atoms with Crippen molar-refractivity contribution in [3.8, 4) is 5.75 Å². The van der Waals surface area contributed by atoms with Gasteiger partial charge in [-0.05, 0) is 30.0 Å². The Hall–Kier alpha value is -1.67. The molecular weight excluding hydrogens is 252 g/mol. The third-order valence-corrected chi connectivity index (χ3v) is 3.83. The van der Waals surface area contributed by atoms with E-state index in [4.69, 9.17) is 0 Å². The Labute approximate surface area is 119 Å². The van der Waals surface area contributed by atoms with Crippen molar-refractivity contribution in [3.05, 3.63) is 65.7 Å². The first-order valence-corrected chi connectivity index (χ1v) is 7.53. The van der Waals surface area contributed by atoms with Crippen LogP contribution in [0.1, 0.15) is 24.0 Å². The van der Waals surface area contributed by atoms with E-state index in [1.165, 1.54) is 10.5 Å². The van der Waals surface area contributed by atoms with Crippen molar-refractivity contribution < 1.29 is 5.11 Å². The van der Waals surface area contributed by atoms with Crippen molar-refractivity contribution in [2.75, 3.05) is 6.26 Å². The molecule has 0 aliphatic carbocycles. The summed E-state index contributed by atoms with van der Waals surface area (Å²) in [6, 6.07) is 16.0. The first-order valence-electron chi connectivity index (χ1n) is 6.31. The van der Waals surface area contributed by atoms with Gasteiger partial charge >= 0.3 is 0 Å². The number of allylic oxidation sites excluding steroid dienone is 1. The first-order chi connectivity index (χ1) is 9.20. The lowest BCUT2D eigenvalue weighted by atomic mass is 9.99. The van der Waals surface area contributed by atoms with Crippen LogP contribution in [-0.2, 0) is 0 Å². The molecule has 0 amide bonds. The molecule has 2 rings (SSSR count). The first kappa shape index (κ1) is 13.8. The highest BCUT2D eigenvalue weighted by Crippen LogP contribution is 2.30. The molecule has 2 aromatic rings. The standard InChI is InChI=1S/C17H18OS/c1-13(8-9-14-6-4-3-5-7-14)16-12-15(19-2)10-11-17(16)18/h3-13,18H,1-2H3. The molecule has 19 heavy (non-hydrogen) atoms. The van der Waals surface area contributed by atoms with Gasteiger partial charge in [0.2, 0.25) is 0 Å². The van der Waals surface area contributed by atoms with E-state index in [1.54, 1.807) is 17.8 Å². The van der Waals surface area contributed by atoms with Crippen LogP contribution in [0.4, 0.5) is 0 Å². The number of hydrogen-bond donors (Lipinski definition) is 1. The molecule has 2 aromatic carbocycles. The SMILES string of the molecule is CSc1ccc(O)c(C(C)C=Cc2ccccc2)c1. The van der Waals surface area contributed by atoms with Crippen molar-refractivity contribution in [2.24, 2.45) is 0 Å². The summed E-state index contributed by atoms with van der Waals surface area (Å²) in [7, 11) is 0. The van der Waals surface area contributed by atoms with E-state index in [9.17, 15) is 5.11 Å². The van der Waals surface area contributed by atoms with E-state index in [0.29, 0.717) is 5.75 Å². The molecule has 98 valence electrons. The van der Waals surface area contributed by atoms with Gasteiger partial charge in [0.05, 0.1) is 0 Å². The van der Waals surface area contributed by atoms with E-state index in [0.717, 1.165) is 5.56 Å². The molecule has 2 heteroatoms. The van der Waals surface area contributed by atoms with Crippen LogP contribution in [-0.4, -0.2) is 11.4 Å². The summed E-state index contributed by atoms with van der Waals surface area (Å²) in [5, 5.41) is 9.95. The molecule has 1 unspecified atom stereocenters. The van der Waals surface area contributed by atoms with Crippen molar-refractivity contribution in [2.45, 2.75) is 17.7 Å². The lowest BCUT2D eigenvalue weighted by Crippen LogP contribution is -1.90. The minimum absolute atomic E-state index is 0.187. The van der Waals surface area contributed by atoms with E-state index in [2.05, 4.69) is 37.3 Å². The molecule has 1 atom stereocenters. The van der Waals surface area contributed by atoms with Crippen LogP contribution in [0.5, 0.6) is 5.75 Å². The second-order valence-corrected chi connectivity index (χ2v) is 5.36. The summed E-state index contributed by atoms with van der Waals surface area (Å²) in [5.41, 5.74) is 2.15. The number of hydrogen-bond acceptors (Lipinski definition) is 2. The number of rotatable bonds is 4. The van der Waals surface area contributed by atoms with Crippen LogP contribution in [0, 0.1) is 0 Å². The quantitative estimate of drug-likeness (QED) is 0.795. The maximum atomic E-state index is 9.95. The summed E-state index contributed by atoms with van der Waals surface area (Å²) >= 11 is 1.69. The number of phenolic OH excluding ortho intramolecular Hbond substituents is 1. The molecule has 0 spiro atoms. The molecule has 0 saturated heterocycles. The molecular formula is C17H18OS. The summed E-state index contributed by atoms with van der Waals surface area (Å²) in [4.78, 5) is 1.17. The second kappa shape index (κ2) is 6.48. The highest BCUT2D eigenvalue weighted by Gasteiger charge is 2.08. The minimum Gasteiger partial charge on any atom is -0.508 e. The summed E-state index contributed by atoms with van der Waals surface area (Å²) < 4.78 is 0. The van der Waals surface area contributed by atoms with Gasteiger partial charge in [0, 0.05) is 16.4 Å². The maximum absolute atomic E-state index is 9.95. The Morgan fingerprint density at radius 2 is 1.84 bits per heavy atom. The molecule has 0 aromatic heterocycles. The highest BCUT2D eigenvalue weighted by atomic mass is 32.2. The molecule has 0 heterocycles. The molecule has 0 fully saturated rings. The minimum atomic E-state index is 0.187. The smallest absolute Gasteiger partial charge is 0.119 e. The van der Waals surface area contributed by atoms with Gasteiger partial charge in [0.25, 0.3) is 0 Å². The summed E-state index contributed by atoms with van der Waals surface area (Å²) in [6.07, 6.45) is 6.25. The third-order valence-electron chi connectivity index (χ3n) is 3.10. The fourth-order valence-corrected chi connectivity index (χ4v) is 2.40. The number of phenols is 1. The lowest BCUT2D eigenvalue weighted by molar-refractivity contribution is 0.466. The average Bonchev–Trinajstić information content (AvgIpc) is 2.46. The van der Waals surface area contributed by atoms with Gasteiger partial charge in [-0.25, -0.2) is 0 Å². The Morgan fingerprint density at radius 1 is 1.11 bits per heavy atom. The largest absolute Gasteiger partial charge is 0.508 e. The fourth-order valence-electron chi connectivity index (χ4n) is 1.95. The monoisotopic (exact) mass is 270 g/mol. The van der Waals surface area contributed by atoms with E-state index in [1.807, 2.05) is 30.5 Å². The maximum Gasteiger partial charge on any atom is 0.119 e. The van der Waals surface area contributed by atoms with Crippen molar-refractivity contribution in [1.82, 2.24) is 0 Å². The second-order valence-electron chi connectivity index (χ2n) is 4.48. The van der Waals surface area contributed by atoms with Crippen molar-refractivity contribution >= 4 is 17.8 Å². The molecule has 0 radical (unpaired) electrons. The number of benzene rings is 2. The van der Waals surface area contributed by atoms with Crippen molar-refractivity contribution in [3.63, 3.8) is 0 Å². The Balaban J connectivity index is 2.20. The van der Waals surface area contributed by atoms with Crippen LogP contribution in [0.2, 0.25) is 0 Å². The van der Waals surface area contributed by atoms with Gasteiger partial charge in [0.15, 0.2) is 0 Å². The molecule has 1 nitrogen and oxygen atoms in total. The lowest BCUT2D eigenvalue weighted by Gasteiger charge is -2.11. The predicted molar refractivity (Wildman–Crippen MR) is 83.8 cm³/mol. The topological polar surface area (TPSA) is 20.2 Å². The highest BCUT2D eigenvalue weighted by molar-refractivity contribution is 7.98. The predicted octanol–water partition coefficient (Wildman–Crippen LogP) is 4.93. The average molecular weight is 270 g/mol. The van der Waals surface area contributed by atoms with Gasteiger partial charge in [-0.3, -0.25) is 0 Å². The molecule has 0 saturated carbocycles. The molecule has 0 aliphatic rings. The molecule has 0 aliphatic heterocycles.